The van der Waals surface area contributed by atoms with E-state index in [0.29, 0.717) is 11.5 Å². The summed E-state index contributed by atoms with van der Waals surface area (Å²) in [6, 6.07) is 4.40. The first-order chi connectivity index (χ1) is 8.69. The summed E-state index contributed by atoms with van der Waals surface area (Å²) in [5.74, 6) is 0.831. The second-order valence-corrected chi connectivity index (χ2v) is 6.60. The summed E-state index contributed by atoms with van der Waals surface area (Å²) in [6.07, 6.45) is 0. The van der Waals surface area contributed by atoms with Crippen molar-refractivity contribution in [2.75, 3.05) is 20.8 Å². The van der Waals surface area contributed by atoms with Gasteiger partial charge in [0.2, 0.25) is 10.0 Å². The topological polar surface area (TPSA) is 90.7 Å². The number of hydrogen-bond donors (Lipinski definition) is 2. The minimum atomic E-state index is -3.62. The molecule has 0 fully saturated rings. The quantitative estimate of drug-likeness (QED) is 0.805. The third-order valence-corrected chi connectivity index (χ3v) is 3.78. The molecule has 0 saturated heterocycles. The summed E-state index contributed by atoms with van der Waals surface area (Å²) in [4.78, 5) is 0.106. The van der Waals surface area contributed by atoms with Crippen molar-refractivity contribution in [3.63, 3.8) is 0 Å². The predicted molar refractivity (Wildman–Crippen MR) is 73.0 cm³/mol. The van der Waals surface area contributed by atoms with E-state index in [1.54, 1.807) is 19.9 Å². The lowest BCUT2D eigenvalue weighted by Crippen LogP contribution is -2.45. The lowest BCUT2D eigenvalue weighted by molar-refractivity contribution is 0.354. The molecular weight excluding hydrogens is 268 g/mol. The van der Waals surface area contributed by atoms with E-state index in [2.05, 4.69) is 4.72 Å². The Labute approximate surface area is 113 Å². The molecule has 0 aliphatic carbocycles. The van der Waals surface area contributed by atoms with Crippen LogP contribution in [0, 0.1) is 0 Å². The molecular formula is C12H20N2O4S. The van der Waals surface area contributed by atoms with Gasteiger partial charge in [0, 0.05) is 18.2 Å². The number of ether oxygens (including phenoxy) is 2. The van der Waals surface area contributed by atoms with Gasteiger partial charge < -0.3 is 15.2 Å². The molecule has 108 valence electrons. The summed E-state index contributed by atoms with van der Waals surface area (Å²) >= 11 is 0. The Morgan fingerprint density at radius 3 is 2.26 bits per heavy atom. The zero-order chi connectivity index (χ0) is 14.7. The van der Waals surface area contributed by atoms with Crippen LogP contribution in [0.2, 0.25) is 0 Å². The maximum atomic E-state index is 12.1. The molecule has 7 heteroatoms. The van der Waals surface area contributed by atoms with Crippen LogP contribution in [0.15, 0.2) is 23.1 Å². The molecule has 0 unspecified atom stereocenters. The van der Waals surface area contributed by atoms with Crippen LogP contribution in [0.4, 0.5) is 0 Å². The van der Waals surface area contributed by atoms with Crippen LogP contribution in [0.1, 0.15) is 13.8 Å². The van der Waals surface area contributed by atoms with Gasteiger partial charge in [0.05, 0.1) is 19.1 Å². The summed E-state index contributed by atoms with van der Waals surface area (Å²) < 4.78 is 36.8. The molecule has 0 atom stereocenters. The molecule has 1 aromatic carbocycles. The fourth-order valence-corrected chi connectivity index (χ4v) is 2.59. The first-order valence-electron chi connectivity index (χ1n) is 5.70. The standard InChI is InChI=1S/C12H20N2O4S/c1-12(2,13)8-14-19(15,16)9-5-6-10(17-3)11(7-9)18-4/h5-7,14H,8,13H2,1-4H3. The van der Waals surface area contributed by atoms with Gasteiger partial charge in [-0.2, -0.15) is 0 Å². The molecule has 1 rings (SSSR count). The van der Waals surface area contributed by atoms with Crippen molar-refractivity contribution in [1.29, 1.82) is 0 Å². The minimum Gasteiger partial charge on any atom is -0.493 e. The maximum absolute atomic E-state index is 12.1. The van der Waals surface area contributed by atoms with E-state index in [-0.39, 0.29) is 11.4 Å². The number of sulfonamides is 1. The Morgan fingerprint density at radius 2 is 1.79 bits per heavy atom. The van der Waals surface area contributed by atoms with Crippen molar-refractivity contribution in [2.45, 2.75) is 24.3 Å². The smallest absolute Gasteiger partial charge is 0.240 e. The van der Waals surface area contributed by atoms with E-state index in [0.717, 1.165) is 0 Å². The van der Waals surface area contributed by atoms with Crippen molar-refractivity contribution in [1.82, 2.24) is 4.72 Å². The van der Waals surface area contributed by atoms with Crippen LogP contribution in [0.5, 0.6) is 11.5 Å². The van der Waals surface area contributed by atoms with Gasteiger partial charge in [-0.25, -0.2) is 13.1 Å². The van der Waals surface area contributed by atoms with Gasteiger partial charge in [0.25, 0.3) is 0 Å². The van der Waals surface area contributed by atoms with Gasteiger partial charge >= 0.3 is 0 Å². The zero-order valence-corrected chi connectivity index (χ0v) is 12.4. The molecule has 3 N–H and O–H groups in total. The van der Waals surface area contributed by atoms with E-state index >= 15 is 0 Å². The monoisotopic (exact) mass is 288 g/mol. The van der Waals surface area contributed by atoms with Gasteiger partial charge in [-0.15, -0.1) is 0 Å². The lowest BCUT2D eigenvalue weighted by atomic mass is 10.1. The highest BCUT2D eigenvalue weighted by atomic mass is 32.2. The van der Waals surface area contributed by atoms with Crippen molar-refractivity contribution in [3.8, 4) is 11.5 Å². The molecule has 1 aromatic rings. The van der Waals surface area contributed by atoms with Crippen LogP contribution in [-0.4, -0.2) is 34.7 Å². The van der Waals surface area contributed by atoms with E-state index in [9.17, 15) is 8.42 Å². The number of rotatable bonds is 6. The fourth-order valence-electron chi connectivity index (χ4n) is 1.35. The van der Waals surface area contributed by atoms with Crippen molar-refractivity contribution in [3.05, 3.63) is 18.2 Å². The van der Waals surface area contributed by atoms with Crippen LogP contribution in [0.25, 0.3) is 0 Å². The average Bonchev–Trinajstić information content (AvgIpc) is 2.35. The number of hydrogen-bond acceptors (Lipinski definition) is 5. The molecule has 0 saturated carbocycles. The molecule has 19 heavy (non-hydrogen) atoms. The molecule has 0 aliphatic heterocycles. The Bertz CT molecular complexity index is 535. The summed E-state index contributed by atoms with van der Waals surface area (Å²) in [5, 5.41) is 0. The first-order valence-corrected chi connectivity index (χ1v) is 7.18. The molecule has 0 spiro atoms. The summed E-state index contributed by atoms with van der Waals surface area (Å²) in [5.41, 5.74) is 5.13. The number of benzene rings is 1. The molecule has 0 aliphatic rings. The second kappa shape index (κ2) is 5.77. The van der Waals surface area contributed by atoms with Crippen molar-refractivity contribution in [2.24, 2.45) is 5.73 Å². The van der Waals surface area contributed by atoms with Gasteiger partial charge in [0.1, 0.15) is 0 Å². The number of methoxy groups -OCH3 is 2. The summed E-state index contributed by atoms with van der Waals surface area (Å²) in [7, 11) is -0.680. The fraction of sp³-hybridized carbons (Fsp3) is 0.500. The maximum Gasteiger partial charge on any atom is 0.240 e. The van der Waals surface area contributed by atoms with Gasteiger partial charge in [-0.3, -0.25) is 0 Å². The van der Waals surface area contributed by atoms with Crippen LogP contribution >= 0.6 is 0 Å². The third-order valence-electron chi connectivity index (χ3n) is 2.38. The molecule has 0 heterocycles. The normalized spacial score (nSPS) is 12.3. The minimum absolute atomic E-state index is 0.106. The van der Waals surface area contributed by atoms with Gasteiger partial charge in [-0.05, 0) is 26.0 Å². The van der Waals surface area contributed by atoms with Gasteiger partial charge in [0.15, 0.2) is 11.5 Å². The Hall–Kier alpha value is -1.31. The Balaban J connectivity index is 3.02. The molecule has 0 amide bonds. The molecule has 6 nitrogen and oxygen atoms in total. The Kier molecular flexibility index (Phi) is 4.78. The van der Waals surface area contributed by atoms with Crippen LogP contribution < -0.4 is 19.9 Å². The van der Waals surface area contributed by atoms with Gasteiger partial charge in [-0.1, -0.05) is 0 Å². The van der Waals surface area contributed by atoms with E-state index in [1.165, 1.54) is 26.4 Å². The summed E-state index contributed by atoms with van der Waals surface area (Å²) in [6.45, 7) is 3.62. The first kappa shape index (κ1) is 15.7. The highest BCUT2D eigenvalue weighted by Gasteiger charge is 2.20. The molecule has 0 radical (unpaired) electrons. The zero-order valence-electron chi connectivity index (χ0n) is 11.6. The molecule has 0 aromatic heterocycles. The van der Waals surface area contributed by atoms with Crippen LogP contribution in [-0.2, 0) is 10.0 Å². The van der Waals surface area contributed by atoms with Crippen LogP contribution in [0.3, 0.4) is 0 Å². The second-order valence-electron chi connectivity index (χ2n) is 4.83. The number of nitrogens with two attached hydrogens (primary N) is 1. The van der Waals surface area contributed by atoms with Crippen molar-refractivity contribution < 1.29 is 17.9 Å². The highest BCUT2D eigenvalue weighted by molar-refractivity contribution is 7.89. The average molecular weight is 288 g/mol. The SMILES string of the molecule is COc1ccc(S(=O)(=O)NCC(C)(C)N)cc1OC. The third kappa shape index (κ3) is 4.38. The molecule has 0 bridgehead atoms. The highest BCUT2D eigenvalue weighted by Crippen LogP contribution is 2.29. The van der Waals surface area contributed by atoms with E-state index in [4.69, 9.17) is 15.2 Å². The van der Waals surface area contributed by atoms with E-state index < -0.39 is 15.6 Å². The number of nitrogens with one attached hydrogen (secondary N) is 1. The largest absolute Gasteiger partial charge is 0.493 e. The lowest BCUT2D eigenvalue weighted by Gasteiger charge is -2.19. The van der Waals surface area contributed by atoms with Crippen molar-refractivity contribution >= 4 is 10.0 Å². The Morgan fingerprint density at radius 1 is 1.21 bits per heavy atom. The predicted octanol–water partition coefficient (Wildman–Crippen LogP) is 0.719. The van der Waals surface area contributed by atoms with E-state index in [1.807, 2.05) is 0 Å².